The molecular weight excluding hydrogens is 384 g/mol. The first kappa shape index (κ1) is 18.0. The van der Waals surface area contributed by atoms with Crippen molar-refractivity contribution in [3.05, 3.63) is 83.7 Å². The third kappa shape index (κ3) is 2.87. The highest BCUT2D eigenvalue weighted by molar-refractivity contribution is 6.10. The molecule has 1 aliphatic carbocycles. The fourth-order valence-electron chi connectivity index (χ4n) is 4.95. The summed E-state index contributed by atoms with van der Waals surface area (Å²) in [6, 6.07) is 18.5. The second-order valence-corrected chi connectivity index (χ2v) is 8.27. The molecule has 5 aromatic rings. The summed E-state index contributed by atoms with van der Waals surface area (Å²) in [7, 11) is 0. The largest absolute Gasteiger partial charge is 0.478 e. The van der Waals surface area contributed by atoms with Gasteiger partial charge in [0.2, 0.25) is 0 Å². The van der Waals surface area contributed by atoms with E-state index in [9.17, 15) is 9.90 Å². The minimum absolute atomic E-state index is 0.190. The Kier molecular flexibility index (Phi) is 4.00. The summed E-state index contributed by atoms with van der Waals surface area (Å²) in [5, 5.41) is 15.4. The van der Waals surface area contributed by atoms with E-state index in [0.717, 1.165) is 28.3 Å². The van der Waals surface area contributed by atoms with Crippen LogP contribution in [0.5, 0.6) is 0 Å². The van der Waals surface area contributed by atoms with Crippen molar-refractivity contribution in [1.82, 2.24) is 9.97 Å². The lowest BCUT2D eigenvalue weighted by Gasteiger charge is -2.19. The maximum Gasteiger partial charge on any atom is 0.337 e. The first-order valence-electron chi connectivity index (χ1n) is 10.6. The highest BCUT2D eigenvalue weighted by Crippen LogP contribution is 2.35. The number of hydrogen-bond donors (Lipinski definition) is 1. The van der Waals surface area contributed by atoms with E-state index in [2.05, 4.69) is 46.4 Å². The molecule has 31 heavy (non-hydrogen) atoms. The van der Waals surface area contributed by atoms with Gasteiger partial charge in [0, 0.05) is 23.3 Å². The van der Waals surface area contributed by atoms with Gasteiger partial charge in [-0.1, -0.05) is 36.4 Å². The molecule has 0 saturated carbocycles. The Hall–Kier alpha value is -3.79. The van der Waals surface area contributed by atoms with Gasteiger partial charge in [-0.15, -0.1) is 0 Å². The Bertz CT molecular complexity index is 1520. The fourth-order valence-corrected chi connectivity index (χ4v) is 4.95. The van der Waals surface area contributed by atoms with Crippen LogP contribution in [0.4, 0.5) is 0 Å². The Morgan fingerprint density at radius 2 is 1.68 bits per heavy atom. The molecular formula is C27H20N2O2. The number of pyridine rings is 2. The van der Waals surface area contributed by atoms with Crippen LogP contribution in [-0.4, -0.2) is 21.0 Å². The van der Waals surface area contributed by atoms with Gasteiger partial charge in [-0.25, -0.2) is 9.78 Å². The Morgan fingerprint density at radius 1 is 0.839 bits per heavy atom. The lowest BCUT2D eigenvalue weighted by molar-refractivity contribution is 0.0697. The quantitative estimate of drug-likeness (QED) is 0.357. The van der Waals surface area contributed by atoms with Crippen LogP contribution in [0.2, 0.25) is 0 Å². The van der Waals surface area contributed by atoms with Crippen LogP contribution in [-0.2, 0) is 12.8 Å². The van der Waals surface area contributed by atoms with Crippen molar-refractivity contribution in [3.8, 4) is 11.3 Å². The summed E-state index contributed by atoms with van der Waals surface area (Å²) in [6.07, 6.45) is 8.16. The van der Waals surface area contributed by atoms with Crippen LogP contribution < -0.4 is 0 Å². The molecule has 1 aliphatic rings. The van der Waals surface area contributed by atoms with Gasteiger partial charge >= 0.3 is 5.97 Å². The first-order chi connectivity index (χ1) is 15.2. The second kappa shape index (κ2) is 6.88. The van der Waals surface area contributed by atoms with Crippen LogP contribution in [0.1, 0.15) is 34.3 Å². The molecule has 0 fully saturated rings. The number of aromatic carboxylic acids is 1. The number of nitrogens with zero attached hydrogens (tertiary/aromatic N) is 2. The summed E-state index contributed by atoms with van der Waals surface area (Å²) >= 11 is 0. The average Bonchev–Trinajstić information content (AvgIpc) is 2.82. The van der Waals surface area contributed by atoms with Gasteiger partial charge in [-0.3, -0.25) is 4.98 Å². The predicted octanol–water partition coefficient (Wildman–Crippen LogP) is 6.18. The number of hydrogen-bond acceptors (Lipinski definition) is 3. The van der Waals surface area contributed by atoms with E-state index < -0.39 is 5.97 Å². The van der Waals surface area contributed by atoms with Gasteiger partial charge < -0.3 is 5.11 Å². The Morgan fingerprint density at radius 3 is 2.58 bits per heavy atom. The third-order valence-corrected chi connectivity index (χ3v) is 6.47. The maximum absolute atomic E-state index is 12.0. The van der Waals surface area contributed by atoms with Crippen LogP contribution in [0.25, 0.3) is 43.7 Å². The molecule has 4 heteroatoms. The van der Waals surface area contributed by atoms with E-state index in [1.807, 2.05) is 12.1 Å². The number of rotatable bonds is 2. The van der Waals surface area contributed by atoms with Crippen molar-refractivity contribution in [3.63, 3.8) is 0 Å². The van der Waals surface area contributed by atoms with E-state index in [4.69, 9.17) is 0 Å². The number of aryl methyl sites for hydroxylation is 2. The summed E-state index contributed by atoms with van der Waals surface area (Å²) in [5.41, 5.74) is 5.19. The molecule has 3 aromatic carbocycles. The van der Waals surface area contributed by atoms with Crippen molar-refractivity contribution >= 4 is 38.4 Å². The van der Waals surface area contributed by atoms with Crippen LogP contribution >= 0.6 is 0 Å². The Balaban J connectivity index is 1.57. The number of fused-ring (bicyclic) bond motifs is 6. The summed E-state index contributed by atoms with van der Waals surface area (Å²) in [5.74, 6) is -0.988. The summed E-state index contributed by atoms with van der Waals surface area (Å²) in [6.45, 7) is 0. The molecule has 150 valence electrons. The lowest BCUT2D eigenvalue weighted by Crippen LogP contribution is -2.03. The summed E-state index contributed by atoms with van der Waals surface area (Å²) < 4.78 is 0. The standard InChI is InChI=1S/C27H20N2O2/c30-27(31)24-14-19-15-28-12-11-25(19)29-26(24)18-7-8-21-17(13-18)6-10-22-20-4-2-1-3-16(20)5-9-23(21)22/h5-15H,1-4H2,(H,30,31). The number of benzene rings is 3. The van der Waals surface area contributed by atoms with Crippen molar-refractivity contribution in [1.29, 1.82) is 0 Å². The summed E-state index contributed by atoms with van der Waals surface area (Å²) in [4.78, 5) is 20.7. The van der Waals surface area contributed by atoms with E-state index in [-0.39, 0.29) is 5.56 Å². The van der Waals surface area contributed by atoms with Crippen LogP contribution in [0.15, 0.2) is 67.0 Å². The van der Waals surface area contributed by atoms with E-state index >= 15 is 0 Å². The topological polar surface area (TPSA) is 63.1 Å². The molecule has 2 aromatic heterocycles. The molecule has 0 radical (unpaired) electrons. The first-order valence-corrected chi connectivity index (χ1v) is 10.6. The van der Waals surface area contributed by atoms with E-state index in [1.165, 1.54) is 46.5 Å². The number of carboxylic acids is 1. The van der Waals surface area contributed by atoms with Crippen molar-refractivity contribution in [2.24, 2.45) is 0 Å². The zero-order valence-corrected chi connectivity index (χ0v) is 16.9. The number of aromatic nitrogens is 2. The van der Waals surface area contributed by atoms with Crippen LogP contribution in [0, 0.1) is 0 Å². The molecule has 0 aliphatic heterocycles. The van der Waals surface area contributed by atoms with E-state index in [1.54, 1.807) is 18.5 Å². The molecule has 0 saturated heterocycles. The molecule has 0 bridgehead atoms. The van der Waals surface area contributed by atoms with Gasteiger partial charge in [0.1, 0.15) is 0 Å². The second-order valence-electron chi connectivity index (χ2n) is 8.27. The zero-order valence-electron chi connectivity index (χ0n) is 16.9. The van der Waals surface area contributed by atoms with Crippen molar-refractivity contribution in [2.75, 3.05) is 0 Å². The van der Waals surface area contributed by atoms with Crippen LogP contribution in [0.3, 0.4) is 0 Å². The molecule has 0 atom stereocenters. The maximum atomic E-state index is 12.0. The highest BCUT2D eigenvalue weighted by atomic mass is 16.4. The normalized spacial score (nSPS) is 13.5. The molecule has 2 heterocycles. The van der Waals surface area contributed by atoms with Gasteiger partial charge in [-0.2, -0.15) is 0 Å². The average molecular weight is 404 g/mol. The van der Waals surface area contributed by atoms with Gasteiger partial charge in [-0.05, 0) is 76.6 Å². The molecule has 0 amide bonds. The third-order valence-electron chi connectivity index (χ3n) is 6.47. The van der Waals surface area contributed by atoms with E-state index in [0.29, 0.717) is 5.69 Å². The monoisotopic (exact) mass is 404 g/mol. The molecule has 1 N–H and O–H groups in total. The Labute approximate surface area is 179 Å². The molecule has 0 spiro atoms. The van der Waals surface area contributed by atoms with Crippen molar-refractivity contribution < 1.29 is 9.90 Å². The highest BCUT2D eigenvalue weighted by Gasteiger charge is 2.17. The van der Waals surface area contributed by atoms with Gasteiger partial charge in [0.15, 0.2) is 0 Å². The number of carboxylic acid groups (broad SMARTS) is 1. The minimum atomic E-state index is -0.988. The molecule has 4 nitrogen and oxygen atoms in total. The van der Waals surface area contributed by atoms with Gasteiger partial charge in [0.25, 0.3) is 0 Å². The number of carbonyl (C=O) groups is 1. The fraction of sp³-hybridized carbons (Fsp3) is 0.148. The minimum Gasteiger partial charge on any atom is -0.478 e. The van der Waals surface area contributed by atoms with Gasteiger partial charge in [0.05, 0.1) is 16.8 Å². The predicted molar refractivity (Wildman–Crippen MR) is 124 cm³/mol. The van der Waals surface area contributed by atoms with Crippen molar-refractivity contribution in [2.45, 2.75) is 25.7 Å². The zero-order chi connectivity index (χ0) is 20.9. The lowest BCUT2D eigenvalue weighted by atomic mass is 9.86. The SMILES string of the molecule is O=C(O)c1cc2cnccc2nc1-c1ccc2c(ccc3c4c(ccc32)CCCC4)c1. The molecule has 6 rings (SSSR count). The smallest absolute Gasteiger partial charge is 0.337 e. The molecule has 0 unspecified atom stereocenters.